The molecule has 2 aliphatic rings. The number of amidine groups is 1. The third-order valence-corrected chi connectivity index (χ3v) is 3.41. The molecule has 2 nitrogen and oxygen atoms in total. The molecule has 1 fully saturated rings. The van der Waals surface area contributed by atoms with Crippen LogP contribution in [0, 0.1) is 0 Å². The number of halogens is 2. The first-order chi connectivity index (χ1) is 7.24. The molecule has 0 aromatic heterocycles. The number of hydrogen-bond donors (Lipinski definition) is 0. The van der Waals surface area contributed by atoms with E-state index < -0.39 is 0 Å². The number of hydrogen-bond acceptors (Lipinski definition) is 2. The molecule has 0 atom stereocenters. The van der Waals surface area contributed by atoms with E-state index in [1.54, 1.807) is 6.07 Å². The zero-order valence-electron chi connectivity index (χ0n) is 8.13. The molecule has 15 heavy (non-hydrogen) atoms. The van der Waals surface area contributed by atoms with Crippen LogP contribution in [0.3, 0.4) is 0 Å². The summed E-state index contributed by atoms with van der Waals surface area (Å²) in [5.41, 5.74) is 2.05. The van der Waals surface area contributed by atoms with Gasteiger partial charge in [0.1, 0.15) is 5.84 Å². The number of benzene rings is 1. The Morgan fingerprint density at radius 2 is 2.13 bits per heavy atom. The lowest BCUT2D eigenvalue weighted by molar-refractivity contribution is 0.443. The van der Waals surface area contributed by atoms with Crippen molar-refractivity contribution in [1.29, 1.82) is 0 Å². The Morgan fingerprint density at radius 1 is 1.27 bits per heavy atom. The SMILES string of the molecule is Clc1cc(Cl)c2c(c1)CN1CCCC1=N2. The van der Waals surface area contributed by atoms with Crippen LogP contribution in [0.5, 0.6) is 0 Å². The predicted octanol–water partition coefficient (Wildman–Crippen LogP) is 3.63. The summed E-state index contributed by atoms with van der Waals surface area (Å²) >= 11 is 12.1. The summed E-state index contributed by atoms with van der Waals surface area (Å²) in [6, 6.07) is 3.72. The molecule has 0 aliphatic carbocycles. The Balaban J connectivity index is 2.15. The van der Waals surface area contributed by atoms with Crippen molar-refractivity contribution in [3.05, 3.63) is 27.7 Å². The normalized spacial score (nSPS) is 18.5. The fraction of sp³-hybridized carbons (Fsp3) is 0.364. The van der Waals surface area contributed by atoms with Crippen molar-refractivity contribution in [3.8, 4) is 0 Å². The van der Waals surface area contributed by atoms with E-state index in [0.717, 1.165) is 30.8 Å². The van der Waals surface area contributed by atoms with Crippen molar-refractivity contribution in [2.24, 2.45) is 4.99 Å². The second kappa shape index (κ2) is 3.39. The summed E-state index contributed by atoms with van der Waals surface area (Å²) < 4.78 is 0. The van der Waals surface area contributed by atoms with Gasteiger partial charge in [0.25, 0.3) is 0 Å². The van der Waals surface area contributed by atoms with Crippen molar-refractivity contribution in [3.63, 3.8) is 0 Å². The van der Waals surface area contributed by atoms with Crippen molar-refractivity contribution in [2.45, 2.75) is 19.4 Å². The lowest BCUT2D eigenvalue weighted by Crippen LogP contribution is -2.26. The van der Waals surface area contributed by atoms with Crippen LogP contribution >= 0.6 is 23.2 Å². The van der Waals surface area contributed by atoms with Crippen LogP contribution in [0.25, 0.3) is 0 Å². The van der Waals surface area contributed by atoms with Gasteiger partial charge in [-0.15, -0.1) is 0 Å². The van der Waals surface area contributed by atoms with Crippen molar-refractivity contribution in [2.75, 3.05) is 6.54 Å². The van der Waals surface area contributed by atoms with E-state index in [4.69, 9.17) is 23.2 Å². The summed E-state index contributed by atoms with van der Waals surface area (Å²) in [5, 5.41) is 1.35. The maximum Gasteiger partial charge on any atom is 0.105 e. The van der Waals surface area contributed by atoms with E-state index in [0.29, 0.717) is 10.0 Å². The maximum absolute atomic E-state index is 6.13. The highest BCUT2D eigenvalue weighted by Crippen LogP contribution is 2.37. The topological polar surface area (TPSA) is 15.6 Å². The summed E-state index contributed by atoms with van der Waals surface area (Å²) in [4.78, 5) is 6.90. The minimum absolute atomic E-state index is 0.663. The van der Waals surface area contributed by atoms with Crippen LogP contribution in [0.15, 0.2) is 17.1 Å². The first kappa shape index (κ1) is 9.49. The molecule has 0 N–H and O–H groups in total. The van der Waals surface area contributed by atoms with E-state index in [-0.39, 0.29) is 0 Å². The van der Waals surface area contributed by atoms with Gasteiger partial charge >= 0.3 is 0 Å². The van der Waals surface area contributed by atoms with E-state index >= 15 is 0 Å². The van der Waals surface area contributed by atoms with Gasteiger partial charge in [0.05, 0.1) is 10.7 Å². The Morgan fingerprint density at radius 3 is 3.00 bits per heavy atom. The van der Waals surface area contributed by atoms with E-state index in [9.17, 15) is 0 Å². The van der Waals surface area contributed by atoms with Gasteiger partial charge in [0.2, 0.25) is 0 Å². The fourth-order valence-electron chi connectivity index (χ4n) is 2.21. The third kappa shape index (κ3) is 1.52. The van der Waals surface area contributed by atoms with E-state index in [2.05, 4.69) is 9.89 Å². The maximum atomic E-state index is 6.13. The van der Waals surface area contributed by atoms with Gasteiger partial charge in [-0.25, -0.2) is 4.99 Å². The molecule has 0 radical (unpaired) electrons. The minimum atomic E-state index is 0.663. The molecule has 0 saturated carbocycles. The molecule has 2 aliphatic heterocycles. The lowest BCUT2D eigenvalue weighted by atomic mass is 10.1. The van der Waals surface area contributed by atoms with E-state index in [1.807, 2.05) is 6.07 Å². The summed E-state index contributed by atoms with van der Waals surface area (Å²) in [5.74, 6) is 1.17. The number of rotatable bonds is 0. The summed E-state index contributed by atoms with van der Waals surface area (Å²) in [6.45, 7) is 2.00. The predicted molar refractivity (Wildman–Crippen MR) is 63.2 cm³/mol. The van der Waals surface area contributed by atoms with Crippen LogP contribution in [0.2, 0.25) is 10.0 Å². The molecule has 0 amide bonds. The van der Waals surface area contributed by atoms with Gasteiger partial charge in [0, 0.05) is 30.1 Å². The Labute approximate surface area is 98.5 Å². The molecular formula is C11H10Cl2N2. The monoisotopic (exact) mass is 240 g/mol. The van der Waals surface area contributed by atoms with Gasteiger partial charge in [-0.2, -0.15) is 0 Å². The second-order valence-electron chi connectivity index (χ2n) is 3.95. The average Bonchev–Trinajstić information content (AvgIpc) is 2.61. The molecule has 0 bridgehead atoms. The smallest absolute Gasteiger partial charge is 0.105 e. The highest BCUT2D eigenvalue weighted by Gasteiger charge is 2.25. The highest BCUT2D eigenvalue weighted by molar-refractivity contribution is 6.36. The molecular weight excluding hydrogens is 231 g/mol. The minimum Gasteiger partial charge on any atom is -0.356 e. The standard InChI is InChI=1S/C11H10Cl2N2/c12-8-4-7-6-15-3-1-2-10(15)14-11(7)9(13)5-8/h4-5H,1-3,6H2. The quantitative estimate of drug-likeness (QED) is 0.677. The van der Waals surface area contributed by atoms with Gasteiger partial charge in [-0.1, -0.05) is 23.2 Å². The number of aliphatic imine (C=N–C) groups is 1. The lowest BCUT2D eigenvalue weighted by Gasteiger charge is -2.25. The van der Waals surface area contributed by atoms with Crippen molar-refractivity contribution in [1.82, 2.24) is 4.90 Å². The second-order valence-corrected chi connectivity index (χ2v) is 4.79. The Hall–Kier alpha value is -0.730. The third-order valence-electron chi connectivity index (χ3n) is 2.90. The zero-order valence-corrected chi connectivity index (χ0v) is 9.65. The molecule has 3 rings (SSSR count). The van der Waals surface area contributed by atoms with Crippen LogP contribution < -0.4 is 0 Å². The molecule has 0 spiro atoms. The van der Waals surface area contributed by atoms with Crippen LogP contribution in [-0.2, 0) is 6.54 Å². The molecule has 2 heterocycles. The fourth-order valence-corrected chi connectivity index (χ4v) is 2.79. The first-order valence-electron chi connectivity index (χ1n) is 5.04. The van der Waals surface area contributed by atoms with Gasteiger partial charge < -0.3 is 4.90 Å². The molecule has 78 valence electrons. The first-order valence-corrected chi connectivity index (χ1v) is 5.80. The number of nitrogens with zero attached hydrogens (tertiary/aromatic N) is 2. The van der Waals surface area contributed by atoms with Gasteiger partial charge in [-0.3, -0.25) is 0 Å². The van der Waals surface area contributed by atoms with Gasteiger partial charge in [0.15, 0.2) is 0 Å². The van der Waals surface area contributed by atoms with Crippen molar-refractivity contribution < 1.29 is 0 Å². The molecule has 1 aromatic carbocycles. The molecule has 1 aromatic rings. The molecule has 1 saturated heterocycles. The largest absolute Gasteiger partial charge is 0.356 e. The zero-order chi connectivity index (χ0) is 10.4. The highest BCUT2D eigenvalue weighted by atomic mass is 35.5. The van der Waals surface area contributed by atoms with Crippen molar-refractivity contribution >= 4 is 34.7 Å². The summed E-state index contributed by atoms with van der Waals surface area (Å²) in [6.07, 6.45) is 2.26. The molecule has 0 unspecified atom stereocenters. The summed E-state index contributed by atoms with van der Waals surface area (Å²) in [7, 11) is 0. The number of fused-ring (bicyclic) bond motifs is 2. The van der Waals surface area contributed by atoms with Crippen LogP contribution in [0.4, 0.5) is 5.69 Å². The molecule has 4 heteroatoms. The Kier molecular flexibility index (Phi) is 2.15. The Bertz CT molecular complexity index is 454. The van der Waals surface area contributed by atoms with E-state index in [1.165, 1.54) is 12.3 Å². The van der Waals surface area contributed by atoms with Crippen LogP contribution in [-0.4, -0.2) is 17.3 Å². The van der Waals surface area contributed by atoms with Gasteiger partial charge in [-0.05, 0) is 18.6 Å². The van der Waals surface area contributed by atoms with Crippen LogP contribution in [0.1, 0.15) is 18.4 Å². The average molecular weight is 241 g/mol.